The molecule has 3 N–H and O–H groups in total. The molecule has 3 heterocycles. The zero-order chi connectivity index (χ0) is 24.7. The number of rotatable bonds is 4. The van der Waals surface area contributed by atoms with Gasteiger partial charge in [-0.05, 0) is 87.0 Å². The molecule has 5 heteroatoms. The van der Waals surface area contributed by atoms with E-state index in [9.17, 15) is 4.79 Å². The van der Waals surface area contributed by atoms with Crippen molar-refractivity contribution in [3.05, 3.63) is 52.8 Å². The number of quaternary nitrogens is 1. The minimum absolute atomic E-state index is 0.00599. The average Bonchev–Trinajstić information content (AvgIpc) is 3.52. The van der Waals surface area contributed by atoms with Crippen LogP contribution >= 0.6 is 0 Å². The molecular weight excluding hydrogens is 446 g/mol. The number of carbonyl (C=O) groups excluding carboxylic acids is 1. The van der Waals surface area contributed by atoms with Gasteiger partial charge < -0.3 is 19.9 Å². The zero-order valence-electron chi connectivity index (χ0n) is 22.2. The van der Waals surface area contributed by atoms with Crippen molar-refractivity contribution in [1.82, 2.24) is 9.88 Å². The van der Waals surface area contributed by atoms with Gasteiger partial charge in [0, 0.05) is 24.0 Å². The summed E-state index contributed by atoms with van der Waals surface area (Å²) >= 11 is 0. The Morgan fingerprint density at radius 1 is 1.14 bits per heavy atom. The van der Waals surface area contributed by atoms with Gasteiger partial charge in [-0.1, -0.05) is 37.5 Å². The molecule has 4 aliphatic rings. The first-order valence-corrected chi connectivity index (χ1v) is 14.5. The molecule has 194 valence electrons. The van der Waals surface area contributed by atoms with Gasteiger partial charge in [-0.25, -0.2) is 0 Å². The molecule has 2 aromatic rings. The van der Waals surface area contributed by atoms with Gasteiger partial charge in [-0.3, -0.25) is 4.79 Å². The van der Waals surface area contributed by atoms with E-state index in [0.29, 0.717) is 23.8 Å². The van der Waals surface area contributed by atoms with Gasteiger partial charge in [-0.15, -0.1) is 0 Å². The van der Waals surface area contributed by atoms with Gasteiger partial charge in [0.2, 0.25) is 5.91 Å². The SMILES string of the molecule is COc1ccccc1[C@@H]1CCN(C(=O)[C@@H]2C[NH2+]C[C@]23CCCc2[nH]c(C)cc23)[C@H](C2CCCCC2)C1. The lowest BCUT2D eigenvalue weighted by Gasteiger charge is -2.47. The maximum absolute atomic E-state index is 14.6. The maximum Gasteiger partial charge on any atom is 0.232 e. The van der Waals surface area contributed by atoms with Crippen LogP contribution in [0.25, 0.3) is 0 Å². The number of para-hydroxylation sites is 1. The molecule has 2 aliphatic carbocycles. The number of benzene rings is 1. The summed E-state index contributed by atoms with van der Waals surface area (Å²) in [5.41, 5.74) is 5.43. The summed E-state index contributed by atoms with van der Waals surface area (Å²) in [6.07, 6.45) is 12.1. The van der Waals surface area contributed by atoms with E-state index < -0.39 is 0 Å². The fourth-order valence-corrected chi connectivity index (χ4v) is 8.51. The molecule has 1 spiro atoms. The Morgan fingerprint density at radius 3 is 2.81 bits per heavy atom. The molecule has 2 saturated heterocycles. The van der Waals surface area contributed by atoms with Crippen LogP contribution in [-0.4, -0.2) is 48.6 Å². The van der Waals surface area contributed by atoms with Crippen LogP contribution in [0.15, 0.2) is 30.3 Å². The van der Waals surface area contributed by atoms with Crippen molar-refractivity contribution in [3.8, 4) is 5.75 Å². The summed E-state index contributed by atoms with van der Waals surface area (Å²) < 4.78 is 5.76. The number of piperidine rings is 1. The molecule has 1 amide bonds. The molecule has 1 saturated carbocycles. The van der Waals surface area contributed by atoms with E-state index in [4.69, 9.17) is 4.74 Å². The molecule has 4 atom stereocenters. The van der Waals surface area contributed by atoms with E-state index in [1.54, 1.807) is 7.11 Å². The third-order valence-electron chi connectivity index (χ3n) is 10.2. The molecule has 0 bridgehead atoms. The highest BCUT2D eigenvalue weighted by Gasteiger charge is 2.55. The highest BCUT2D eigenvalue weighted by Crippen LogP contribution is 2.47. The Kier molecular flexibility index (Phi) is 6.62. The standard InChI is InChI=1S/C31H43N3O2/c1-21-17-25-27(33-21)12-8-15-31(25)20-32-19-26(31)30(35)34-16-14-23(24-11-6-7-13-29(24)36-2)18-28(34)22-9-4-3-5-10-22/h6-7,11,13,17,22-23,26,28,32-33H,3-5,8-10,12,14-16,18-20H2,1-2H3/p+1/t23-,26+,28+,31+/m1/s1. The first-order chi connectivity index (χ1) is 17.6. The van der Waals surface area contributed by atoms with E-state index in [1.807, 2.05) is 0 Å². The van der Waals surface area contributed by atoms with Crippen LogP contribution in [0, 0.1) is 18.8 Å². The second-order valence-electron chi connectivity index (χ2n) is 12.1. The summed E-state index contributed by atoms with van der Waals surface area (Å²) in [6.45, 7) is 5.05. The summed E-state index contributed by atoms with van der Waals surface area (Å²) in [5, 5.41) is 2.43. The highest BCUT2D eigenvalue weighted by atomic mass is 16.5. The number of likely N-dealkylation sites (tertiary alicyclic amines) is 1. The van der Waals surface area contributed by atoms with Crippen molar-refractivity contribution in [2.75, 3.05) is 26.7 Å². The van der Waals surface area contributed by atoms with E-state index >= 15 is 0 Å². The smallest absolute Gasteiger partial charge is 0.232 e. The number of H-pyrrole nitrogens is 1. The number of carbonyl (C=O) groups is 1. The van der Waals surface area contributed by atoms with Gasteiger partial charge in [0.15, 0.2) is 0 Å². The monoisotopic (exact) mass is 490 g/mol. The third-order valence-corrected chi connectivity index (χ3v) is 10.2. The molecule has 6 rings (SSSR count). The quantitative estimate of drug-likeness (QED) is 0.665. The summed E-state index contributed by atoms with van der Waals surface area (Å²) in [7, 11) is 1.79. The lowest BCUT2D eigenvalue weighted by molar-refractivity contribution is -0.640. The number of amides is 1. The molecule has 1 aromatic heterocycles. The predicted molar refractivity (Wildman–Crippen MR) is 142 cm³/mol. The second kappa shape index (κ2) is 9.89. The largest absolute Gasteiger partial charge is 0.496 e. The summed E-state index contributed by atoms with van der Waals surface area (Å²) in [5.74, 6) is 2.66. The van der Waals surface area contributed by atoms with Crippen molar-refractivity contribution in [3.63, 3.8) is 0 Å². The first-order valence-electron chi connectivity index (χ1n) is 14.5. The lowest BCUT2D eigenvalue weighted by Crippen LogP contribution is -2.82. The van der Waals surface area contributed by atoms with Gasteiger partial charge in [-0.2, -0.15) is 0 Å². The van der Waals surface area contributed by atoms with Gasteiger partial charge in [0.25, 0.3) is 0 Å². The number of aryl methyl sites for hydroxylation is 2. The minimum atomic E-state index is 0.00599. The van der Waals surface area contributed by atoms with Crippen LogP contribution < -0.4 is 10.1 Å². The fraction of sp³-hybridized carbons (Fsp3) is 0.645. The van der Waals surface area contributed by atoms with E-state index in [1.165, 1.54) is 61.0 Å². The molecule has 0 radical (unpaired) electrons. The van der Waals surface area contributed by atoms with Crippen LogP contribution in [0.4, 0.5) is 0 Å². The Balaban J connectivity index is 1.30. The number of nitrogens with one attached hydrogen (secondary N) is 1. The van der Waals surface area contributed by atoms with Crippen LogP contribution in [0.1, 0.15) is 86.2 Å². The molecule has 5 nitrogen and oxygen atoms in total. The Bertz CT molecular complexity index is 1090. The van der Waals surface area contributed by atoms with Gasteiger partial charge >= 0.3 is 0 Å². The highest BCUT2D eigenvalue weighted by molar-refractivity contribution is 5.82. The number of hydrogen-bond donors (Lipinski definition) is 2. The maximum atomic E-state index is 14.6. The topological polar surface area (TPSA) is 61.9 Å². The Hall–Kier alpha value is -2.27. The molecule has 1 aromatic carbocycles. The van der Waals surface area contributed by atoms with Crippen LogP contribution in [0.2, 0.25) is 0 Å². The Labute approximate surface area is 216 Å². The number of fused-ring (bicyclic) bond motifs is 2. The third kappa shape index (κ3) is 4.08. The van der Waals surface area contributed by atoms with Crippen LogP contribution in [0.3, 0.4) is 0 Å². The molecule has 0 unspecified atom stereocenters. The average molecular weight is 491 g/mol. The van der Waals surface area contributed by atoms with Gasteiger partial charge in [0.05, 0.1) is 25.6 Å². The second-order valence-corrected chi connectivity index (χ2v) is 12.1. The fourth-order valence-electron chi connectivity index (χ4n) is 8.51. The van der Waals surface area contributed by atoms with Crippen LogP contribution in [-0.2, 0) is 16.6 Å². The van der Waals surface area contributed by atoms with E-state index in [-0.39, 0.29) is 11.3 Å². The summed E-state index contributed by atoms with van der Waals surface area (Å²) in [6, 6.07) is 11.3. The van der Waals surface area contributed by atoms with E-state index in [0.717, 1.165) is 51.1 Å². The van der Waals surface area contributed by atoms with Gasteiger partial charge in [0.1, 0.15) is 11.7 Å². The molecule has 3 fully saturated rings. The zero-order valence-corrected chi connectivity index (χ0v) is 22.2. The van der Waals surface area contributed by atoms with E-state index in [2.05, 4.69) is 52.5 Å². The minimum Gasteiger partial charge on any atom is -0.496 e. The number of aromatic amines is 1. The van der Waals surface area contributed by atoms with Crippen molar-refractivity contribution in [1.29, 1.82) is 0 Å². The van der Waals surface area contributed by atoms with Crippen molar-refractivity contribution in [2.24, 2.45) is 11.8 Å². The number of ether oxygens (including phenoxy) is 1. The number of nitrogens with two attached hydrogens (primary N) is 1. The molecular formula is C31H44N3O2+. The normalized spacial score (nSPS) is 30.9. The lowest BCUT2D eigenvalue weighted by atomic mass is 9.65. The molecule has 2 aliphatic heterocycles. The Morgan fingerprint density at radius 2 is 1.97 bits per heavy atom. The predicted octanol–water partition coefficient (Wildman–Crippen LogP) is 4.45. The first kappa shape index (κ1) is 24.1. The van der Waals surface area contributed by atoms with Crippen molar-refractivity contribution < 1.29 is 14.8 Å². The number of aromatic nitrogens is 1. The number of methoxy groups -OCH3 is 1. The number of hydrogen-bond acceptors (Lipinski definition) is 2. The van der Waals surface area contributed by atoms with Crippen LogP contribution in [0.5, 0.6) is 5.75 Å². The number of nitrogens with zero attached hydrogens (tertiary/aromatic N) is 1. The van der Waals surface area contributed by atoms with Crippen molar-refractivity contribution in [2.45, 2.75) is 88.5 Å². The molecule has 36 heavy (non-hydrogen) atoms. The van der Waals surface area contributed by atoms with Crippen molar-refractivity contribution >= 4 is 5.91 Å². The summed E-state index contributed by atoms with van der Waals surface area (Å²) in [4.78, 5) is 20.6.